The summed E-state index contributed by atoms with van der Waals surface area (Å²) in [5, 5.41) is 0. The van der Waals surface area contributed by atoms with Crippen LogP contribution in [0.15, 0.2) is 18.2 Å². The van der Waals surface area contributed by atoms with Gasteiger partial charge in [0.1, 0.15) is 11.5 Å². The molecule has 1 aromatic rings. The van der Waals surface area contributed by atoms with E-state index >= 15 is 0 Å². The van der Waals surface area contributed by atoms with Crippen molar-refractivity contribution in [1.29, 1.82) is 0 Å². The van der Waals surface area contributed by atoms with Gasteiger partial charge in [0.15, 0.2) is 0 Å². The maximum absolute atomic E-state index is 12.4. The number of aromatic nitrogens is 1. The summed E-state index contributed by atoms with van der Waals surface area (Å²) in [5.74, 6) is 0.406. The van der Waals surface area contributed by atoms with Gasteiger partial charge in [-0.05, 0) is 25.0 Å². The molecule has 2 heterocycles. The van der Waals surface area contributed by atoms with Crippen LogP contribution < -0.4 is 5.73 Å². The molecule has 0 atom stereocenters. The Labute approximate surface area is 131 Å². The quantitative estimate of drug-likeness (QED) is 0.904. The second kappa shape index (κ2) is 7.09. The van der Waals surface area contributed by atoms with Crippen molar-refractivity contribution < 1.29 is 4.79 Å². The number of nitrogens with zero attached hydrogens (tertiary/aromatic N) is 3. The van der Waals surface area contributed by atoms with Crippen molar-refractivity contribution in [3.8, 4) is 0 Å². The van der Waals surface area contributed by atoms with Crippen LogP contribution in [0.25, 0.3) is 0 Å². The van der Waals surface area contributed by atoms with Crippen molar-refractivity contribution in [2.75, 3.05) is 31.9 Å². The SMILES string of the molecule is Cl.Nc1cccc(C(=O)N2CCN(C3CCCC3)CC2)n1. The Morgan fingerprint density at radius 2 is 1.81 bits per heavy atom. The van der Waals surface area contributed by atoms with Gasteiger partial charge in [-0.2, -0.15) is 0 Å². The van der Waals surface area contributed by atoms with E-state index in [9.17, 15) is 4.79 Å². The summed E-state index contributed by atoms with van der Waals surface area (Å²) < 4.78 is 0. The molecule has 1 aromatic heterocycles. The number of carbonyl (C=O) groups is 1. The summed E-state index contributed by atoms with van der Waals surface area (Å²) in [5.41, 5.74) is 6.10. The van der Waals surface area contributed by atoms with Crippen molar-refractivity contribution in [1.82, 2.24) is 14.8 Å². The number of anilines is 1. The highest BCUT2D eigenvalue weighted by Crippen LogP contribution is 2.24. The zero-order valence-corrected chi connectivity index (χ0v) is 13.0. The number of amides is 1. The monoisotopic (exact) mass is 310 g/mol. The molecular weight excluding hydrogens is 288 g/mol. The molecule has 2 fully saturated rings. The van der Waals surface area contributed by atoms with Crippen molar-refractivity contribution in [2.24, 2.45) is 0 Å². The predicted octanol–water partition coefficient (Wildman–Crippen LogP) is 1.79. The molecule has 1 aliphatic carbocycles. The van der Waals surface area contributed by atoms with Crippen LogP contribution in [0, 0.1) is 0 Å². The summed E-state index contributed by atoms with van der Waals surface area (Å²) in [7, 11) is 0. The van der Waals surface area contributed by atoms with Crippen LogP contribution in [0.1, 0.15) is 36.2 Å². The summed E-state index contributed by atoms with van der Waals surface area (Å²) in [6.45, 7) is 3.56. The van der Waals surface area contributed by atoms with Crippen LogP contribution >= 0.6 is 12.4 Å². The summed E-state index contributed by atoms with van der Waals surface area (Å²) in [4.78, 5) is 20.9. The second-order valence-electron chi connectivity index (χ2n) is 5.71. The molecule has 0 aromatic carbocycles. The molecule has 3 rings (SSSR count). The Morgan fingerprint density at radius 3 is 2.43 bits per heavy atom. The topological polar surface area (TPSA) is 62.5 Å². The number of rotatable bonds is 2. The first kappa shape index (κ1) is 16.0. The number of halogens is 1. The minimum absolute atomic E-state index is 0. The van der Waals surface area contributed by atoms with Gasteiger partial charge in [-0.1, -0.05) is 18.9 Å². The Morgan fingerprint density at radius 1 is 1.14 bits per heavy atom. The molecule has 116 valence electrons. The largest absolute Gasteiger partial charge is 0.384 e. The van der Waals surface area contributed by atoms with Crippen LogP contribution in [0.4, 0.5) is 5.82 Å². The van der Waals surface area contributed by atoms with Crippen LogP contribution in [-0.2, 0) is 0 Å². The highest BCUT2D eigenvalue weighted by molar-refractivity contribution is 5.92. The zero-order valence-electron chi connectivity index (χ0n) is 12.2. The molecule has 2 aliphatic rings. The Hall–Kier alpha value is -1.33. The van der Waals surface area contributed by atoms with Crippen molar-refractivity contribution in [3.63, 3.8) is 0 Å². The Balaban J connectivity index is 0.00000161. The number of nitrogens with two attached hydrogens (primary N) is 1. The van der Waals surface area contributed by atoms with Crippen LogP contribution in [-0.4, -0.2) is 52.9 Å². The highest BCUT2D eigenvalue weighted by atomic mass is 35.5. The number of carbonyl (C=O) groups excluding carboxylic acids is 1. The number of piperazine rings is 1. The van der Waals surface area contributed by atoms with Gasteiger partial charge in [0.05, 0.1) is 0 Å². The van der Waals surface area contributed by atoms with Gasteiger partial charge in [-0.25, -0.2) is 4.98 Å². The molecule has 21 heavy (non-hydrogen) atoms. The van der Waals surface area contributed by atoms with E-state index < -0.39 is 0 Å². The predicted molar refractivity (Wildman–Crippen MR) is 85.6 cm³/mol. The molecule has 0 unspecified atom stereocenters. The van der Waals surface area contributed by atoms with E-state index in [2.05, 4.69) is 9.88 Å². The Kier molecular flexibility index (Phi) is 5.42. The fraction of sp³-hybridized carbons (Fsp3) is 0.600. The molecule has 0 spiro atoms. The maximum Gasteiger partial charge on any atom is 0.272 e. The zero-order chi connectivity index (χ0) is 13.9. The molecule has 5 nitrogen and oxygen atoms in total. The van der Waals surface area contributed by atoms with Gasteiger partial charge in [0, 0.05) is 32.2 Å². The smallest absolute Gasteiger partial charge is 0.272 e. The van der Waals surface area contributed by atoms with Gasteiger partial charge in [-0.3, -0.25) is 9.69 Å². The van der Waals surface area contributed by atoms with E-state index in [0.29, 0.717) is 11.5 Å². The normalized spacial score (nSPS) is 20.3. The molecule has 0 bridgehead atoms. The van der Waals surface area contributed by atoms with Crippen LogP contribution in [0.2, 0.25) is 0 Å². The standard InChI is InChI=1S/C15H22N4O.ClH/c16-14-7-3-6-13(17-14)15(20)19-10-8-18(9-11-19)12-4-1-2-5-12;/h3,6-7,12H,1-2,4-5,8-11H2,(H2,16,17);1H. The minimum Gasteiger partial charge on any atom is -0.384 e. The molecule has 1 saturated carbocycles. The van der Waals surface area contributed by atoms with E-state index in [1.54, 1.807) is 18.2 Å². The van der Waals surface area contributed by atoms with Crippen LogP contribution in [0.3, 0.4) is 0 Å². The summed E-state index contributed by atoms with van der Waals surface area (Å²) in [6.07, 6.45) is 5.36. The van der Waals surface area contributed by atoms with Crippen molar-refractivity contribution in [2.45, 2.75) is 31.7 Å². The van der Waals surface area contributed by atoms with E-state index in [0.717, 1.165) is 32.2 Å². The first-order chi connectivity index (χ1) is 9.74. The molecule has 6 heteroatoms. The second-order valence-corrected chi connectivity index (χ2v) is 5.71. The Bertz CT molecular complexity index is 482. The molecule has 2 N–H and O–H groups in total. The number of hydrogen-bond acceptors (Lipinski definition) is 4. The van der Waals surface area contributed by atoms with Crippen LogP contribution in [0.5, 0.6) is 0 Å². The van der Waals surface area contributed by atoms with E-state index in [1.807, 2.05) is 4.90 Å². The molecule has 1 saturated heterocycles. The fourth-order valence-corrected chi connectivity index (χ4v) is 3.29. The molecule has 1 amide bonds. The lowest BCUT2D eigenvalue weighted by Gasteiger charge is -2.37. The van der Waals surface area contributed by atoms with E-state index in [1.165, 1.54) is 25.7 Å². The van der Waals surface area contributed by atoms with Gasteiger partial charge < -0.3 is 10.6 Å². The first-order valence-corrected chi connectivity index (χ1v) is 7.50. The van der Waals surface area contributed by atoms with Gasteiger partial charge in [0.25, 0.3) is 5.91 Å². The van der Waals surface area contributed by atoms with Crippen molar-refractivity contribution in [3.05, 3.63) is 23.9 Å². The number of pyridine rings is 1. The van der Waals surface area contributed by atoms with Gasteiger partial charge in [-0.15, -0.1) is 12.4 Å². The maximum atomic E-state index is 12.4. The average molecular weight is 311 g/mol. The lowest BCUT2D eigenvalue weighted by molar-refractivity contribution is 0.0568. The number of hydrogen-bond donors (Lipinski definition) is 1. The highest BCUT2D eigenvalue weighted by Gasteiger charge is 2.28. The first-order valence-electron chi connectivity index (χ1n) is 7.50. The fourth-order valence-electron chi connectivity index (χ4n) is 3.29. The van der Waals surface area contributed by atoms with Crippen molar-refractivity contribution >= 4 is 24.1 Å². The summed E-state index contributed by atoms with van der Waals surface area (Å²) in [6, 6.07) is 5.97. The molecule has 0 radical (unpaired) electrons. The minimum atomic E-state index is 0. The molecular formula is C15H23ClN4O. The van der Waals surface area contributed by atoms with E-state index in [4.69, 9.17) is 5.73 Å². The third kappa shape index (κ3) is 3.66. The van der Waals surface area contributed by atoms with Gasteiger partial charge in [0.2, 0.25) is 0 Å². The third-order valence-corrected chi connectivity index (χ3v) is 4.43. The summed E-state index contributed by atoms with van der Waals surface area (Å²) >= 11 is 0. The average Bonchev–Trinajstić information content (AvgIpc) is 3.01. The lowest BCUT2D eigenvalue weighted by atomic mass is 10.1. The van der Waals surface area contributed by atoms with E-state index in [-0.39, 0.29) is 18.3 Å². The van der Waals surface area contributed by atoms with Gasteiger partial charge >= 0.3 is 0 Å². The third-order valence-electron chi connectivity index (χ3n) is 4.43. The lowest BCUT2D eigenvalue weighted by Crippen LogP contribution is -2.51. The molecule has 1 aliphatic heterocycles. The number of nitrogen functional groups attached to an aromatic ring is 1.